The lowest BCUT2D eigenvalue weighted by atomic mass is 10.1. The van der Waals surface area contributed by atoms with Crippen molar-refractivity contribution in [2.75, 3.05) is 6.54 Å². The monoisotopic (exact) mass is 342 g/mol. The van der Waals surface area contributed by atoms with Gasteiger partial charge in [0.05, 0.1) is 6.10 Å². The molecule has 2 atom stereocenters. The minimum absolute atomic E-state index is 0.0286. The average molecular weight is 343 g/mol. The van der Waals surface area contributed by atoms with E-state index in [1.165, 1.54) is 6.92 Å². The van der Waals surface area contributed by atoms with Crippen molar-refractivity contribution in [1.29, 1.82) is 0 Å². The maximum absolute atomic E-state index is 11.9. The Kier molecular flexibility index (Phi) is 6.84. The van der Waals surface area contributed by atoms with E-state index in [1.807, 2.05) is 0 Å². The highest BCUT2D eigenvalue weighted by molar-refractivity contribution is 6.30. The van der Waals surface area contributed by atoms with Crippen LogP contribution in [0.15, 0.2) is 24.3 Å². The molecule has 0 aromatic heterocycles. The standard InChI is InChI=1S/C16H23ClN2O4/c1-10(19-15(22)23-16(2,3)4)14(21)18-9-13(20)11-5-7-12(17)8-6-11/h5-8,10,13,20H,9H2,1-4H3,(H,18,21)(H,19,22)/t10-,13+/m0/s1. The first-order chi connectivity index (χ1) is 10.6. The molecule has 0 heterocycles. The normalized spacial score (nSPS) is 13.8. The fourth-order valence-corrected chi connectivity index (χ4v) is 1.83. The van der Waals surface area contributed by atoms with E-state index in [1.54, 1.807) is 45.0 Å². The molecule has 0 aliphatic heterocycles. The molecule has 1 aromatic carbocycles. The zero-order chi connectivity index (χ0) is 17.6. The van der Waals surface area contributed by atoms with Crippen LogP contribution in [0.4, 0.5) is 4.79 Å². The van der Waals surface area contributed by atoms with Gasteiger partial charge in [-0.2, -0.15) is 0 Å². The first-order valence-corrected chi connectivity index (χ1v) is 7.67. The molecule has 23 heavy (non-hydrogen) atoms. The number of nitrogens with one attached hydrogen (secondary N) is 2. The third-order valence-corrected chi connectivity index (χ3v) is 3.10. The smallest absolute Gasteiger partial charge is 0.408 e. The molecule has 0 radical (unpaired) electrons. The second-order valence-corrected chi connectivity index (χ2v) is 6.62. The van der Waals surface area contributed by atoms with Crippen LogP contribution in [0.3, 0.4) is 0 Å². The molecule has 0 unspecified atom stereocenters. The molecule has 0 aliphatic carbocycles. The molecular weight excluding hydrogens is 320 g/mol. The molecule has 0 aliphatic rings. The Bertz CT molecular complexity index is 540. The fourth-order valence-electron chi connectivity index (χ4n) is 1.70. The highest BCUT2D eigenvalue weighted by Crippen LogP contribution is 2.15. The molecule has 0 fully saturated rings. The Morgan fingerprint density at radius 2 is 1.83 bits per heavy atom. The van der Waals surface area contributed by atoms with Crippen molar-refractivity contribution in [3.05, 3.63) is 34.9 Å². The average Bonchev–Trinajstić information content (AvgIpc) is 2.42. The molecule has 1 rings (SSSR count). The zero-order valence-corrected chi connectivity index (χ0v) is 14.5. The van der Waals surface area contributed by atoms with Crippen LogP contribution in [0, 0.1) is 0 Å². The predicted octanol–water partition coefficient (Wildman–Crippen LogP) is 2.40. The van der Waals surface area contributed by atoms with E-state index in [0.717, 1.165) is 0 Å². The van der Waals surface area contributed by atoms with Gasteiger partial charge in [0, 0.05) is 11.6 Å². The summed E-state index contributed by atoms with van der Waals surface area (Å²) < 4.78 is 5.07. The Balaban J connectivity index is 2.43. The Labute approximate surface area is 141 Å². The summed E-state index contributed by atoms with van der Waals surface area (Å²) in [5.74, 6) is -0.413. The van der Waals surface area contributed by atoms with Gasteiger partial charge in [0.2, 0.25) is 5.91 Å². The zero-order valence-electron chi connectivity index (χ0n) is 13.7. The van der Waals surface area contributed by atoms with E-state index in [-0.39, 0.29) is 6.54 Å². The first kappa shape index (κ1) is 19.3. The van der Waals surface area contributed by atoms with Gasteiger partial charge in [-0.25, -0.2) is 4.79 Å². The number of hydrogen-bond donors (Lipinski definition) is 3. The quantitative estimate of drug-likeness (QED) is 0.766. The van der Waals surface area contributed by atoms with Crippen molar-refractivity contribution in [1.82, 2.24) is 10.6 Å². The predicted molar refractivity (Wildman–Crippen MR) is 88.3 cm³/mol. The number of ether oxygens (including phenoxy) is 1. The second kappa shape index (κ2) is 8.17. The van der Waals surface area contributed by atoms with Gasteiger partial charge in [0.15, 0.2) is 0 Å². The number of amides is 2. The SMILES string of the molecule is C[C@H](NC(=O)OC(C)(C)C)C(=O)NC[C@@H](O)c1ccc(Cl)cc1. The second-order valence-electron chi connectivity index (χ2n) is 6.18. The summed E-state index contributed by atoms with van der Waals surface area (Å²) in [5, 5.41) is 15.6. The lowest BCUT2D eigenvalue weighted by Gasteiger charge is -2.22. The molecule has 1 aromatic rings. The highest BCUT2D eigenvalue weighted by Gasteiger charge is 2.21. The number of aliphatic hydroxyl groups is 1. The third-order valence-electron chi connectivity index (χ3n) is 2.85. The van der Waals surface area contributed by atoms with Crippen LogP contribution in [0.5, 0.6) is 0 Å². The summed E-state index contributed by atoms with van der Waals surface area (Å²) in [6.45, 7) is 6.77. The maximum Gasteiger partial charge on any atom is 0.408 e. The van der Waals surface area contributed by atoms with E-state index in [0.29, 0.717) is 10.6 Å². The van der Waals surface area contributed by atoms with Gasteiger partial charge in [0.1, 0.15) is 11.6 Å². The van der Waals surface area contributed by atoms with Crippen molar-refractivity contribution in [3.8, 4) is 0 Å². The molecule has 0 saturated heterocycles. The minimum atomic E-state index is -0.857. The summed E-state index contributed by atoms with van der Waals surface area (Å²) in [6, 6.07) is 5.91. The van der Waals surface area contributed by atoms with Crippen LogP contribution in [0.25, 0.3) is 0 Å². The van der Waals surface area contributed by atoms with E-state index in [9.17, 15) is 14.7 Å². The van der Waals surface area contributed by atoms with Gasteiger partial charge in [-0.15, -0.1) is 0 Å². The highest BCUT2D eigenvalue weighted by atomic mass is 35.5. The molecule has 3 N–H and O–H groups in total. The fraction of sp³-hybridized carbons (Fsp3) is 0.500. The Hall–Kier alpha value is -1.79. The van der Waals surface area contributed by atoms with Gasteiger partial charge in [-0.05, 0) is 45.4 Å². The number of carbonyl (C=O) groups is 2. The number of halogens is 1. The lowest BCUT2D eigenvalue weighted by Crippen LogP contribution is -2.47. The van der Waals surface area contributed by atoms with Crippen LogP contribution in [-0.4, -0.2) is 35.3 Å². The molecular formula is C16H23ClN2O4. The van der Waals surface area contributed by atoms with Gasteiger partial charge in [-0.3, -0.25) is 4.79 Å². The number of aliphatic hydroxyl groups excluding tert-OH is 1. The molecule has 0 saturated carbocycles. The van der Waals surface area contributed by atoms with Crippen molar-refractivity contribution in [2.45, 2.75) is 45.4 Å². The summed E-state index contributed by atoms with van der Waals surface area (Å²) >= 11 is 5.78. The molecule has 7 heteroatoms. The molecule has 0 bridgehead atoms. The summed E-state index contributed by atoms with van der Waals surface area (Å²) in [4.78, 5) is 23.5. The van der Waals surface area contributed by atoms with Crippen molar-refractivity contribution >= 4 is 23.6 Å². The topological polar surface area (TPSA) is 87.7 Å². The number of alkyl carbamates (subject to hydrolysis) is 1. The third kappa shape index (κ3) is 7.34. The summed E-state index contributed by atoms with van der Waals surface area (Å²) in [6.07, 6.45) is -1.52. The number of carbonyl (C=O) groups excluding carboxylic acids is 2. The Morgan fingerprint density at radius 1 is 1.26 bits per heavy atom. The van der Waals surface area contributed by atoms with E-state index in [2.05, 4.69) is 10.6 Å². The van der Waals surface area contributed by atoms with Crippen molar-refractivity contribution in [3.63, 3.8) is 0 Å². The van der Waals surface area contributed by atoms with E-state index in [4.69, 9.17) is 16.3 Å². The van der Waals surface area contributed by atoms with E-state index < -0.39 is 29.7 Å². The number of rotatable bonds is 5. The van der Waals surface area contributed by atoms with Crippen LogP contribution in [-0.2, 0) is 9.53 Å². The van der Waals surface area contributed by atoms with Gasteiger partial charge in [-0.1, -0.05) is 23.7 Å². The molecule has 6 nitrogen and oxygen atoms in total. The largest absolute Gasteiger partial charge is 0.444 e. The molecule has 2 amide bonds. The van der Waals surface area contributed by atoms with Gasteiger partial charge >= 0.3 is 6.09 Å². The van der Waals surface area contributed by atoms with Gasteiger partial charge < -0.3 is 20.5 Å². The minimum Gasteiger partial charge on any atom is -0.444 e. The van der Waals surface area contributed by atoms with Crippen LogP contribution in [0.1, 0.15) is 39.4 Å². The maximum atomic E-state index is 11.9. The number of benzene rings is 1. The van der Waals surface area contributed by atoms with Crippen LogP contribution < -0.4 is 10.6 Å². The van der Waals surface area contributed by atoms with Crippen molar-refractivity contribution in [2.24, 2.45) is 0 Å². The lowest BCUT2D eigenvalue weighted by molar-refractivity contribution is -0.123. The van der Waals surface area contributed by atoms with Crippen LogP contribution >= 0.6 is 11.6 Å². The van der Waals surface area contributed by atoms with Crippen molar-refractivity contribution < 1.29 is 19.4 Å². The summed E-state index contributed by atoms with van der Waals surface area (Å²) in [5.41, 5.74) is 0.00729. The molecule has 0 spiro atoms. The molecule has 128 valence electrons. The van der Waals surface area contributed by atoms with E-state index >= 15 is 0 Å². The Morgan fingerprint density at radius 3 is 2.35 bits per heavy atom. The van der Waals surface area contributed by atoms with Crippen LogP contribution in [0.2, 0.25) is 5.02 Å². The first-order valence-electron chi connectivity index (χ1n) is 7.29. The van der Waals surface area contributed by atoms with Gasteiger partial charge in [0.25, 0.3) is 0 Å². The summed E-state index contributed by atoms with van der Waals surface area (Å²) in [7, 11) is 0. The number of hydrogen-bond acceptors (Lipinski definition) is 4.